The van der Waals surface area contributed by atoms with Crippen molar-refractivity contribution in [2.75, 3.05) is 0 Å². The molecule has 0 saturated carbocycles. The van der Waals surface area contributed by atoms with Gasteiger partial charge in [-0.15, -0.1) is 0 Å². The van der Waals surface area contributed by atoms with Gasteiger partial charge in [-0.2, -0.15) is 0 Å². The summed E-state index contributed by atoms with van der Waals surface area (Å²) in [4.78, 5) is 0. The van der Waals surface area contributed by atoms with E-state index >= 15 is 0 Å². The Morgan fingerprint density at radius 2 is 1.58 bits per heavy atom. The van der Waals surface area contributed by atoms with E-state index in [1.807, 2.05) is 0 Å². The highest BCUT2D eigenvalue weighted by Crippen LogP contribution is 2.22. The molecule has 2 nitrogen and oxygen atoms in total. The van der Waals surface area contributed by atoms with Crippen LogP contribution in [0.3, 0.4) is 0 Å². The second-order valence-electron chi connectivity index (χ2n) is 4.79. The number of rotatable bonds is 5. The van der Waals surface area contributed by atoms with E-state index in [2.05, 4.69) is 67.8 Å². The van der Waals surface area contributed by atoms with Crippen LogP contribution in [0.4, 0.5) is 0 Å². The van der Waals surface area contributed by atoms with Crippen LogP contribution in [0.25, 0.3) is 0 Å². The highest BCUT2D eigenvalue weighted by molar-refractivity contribution is 5.35. The van der Waals surface area contributed by atoms with E-state index in [0.29, 0.717) is 0 Å². The van der Waals surface area contributed by atoms with Crippen molar-refractivity contribution in [1.29, 1.82) is 0 Å². The van der Waals surface area contributed by atoms with Crippen molar-refractivity contribution in [3.63, 3.8) is 0 Å². The average Bonchev–Trinajstić information content (AvgIpc) is 2.49. The van der Waals surface area contributed by atoms with Crippen molar-refractivity contribution in [3.05, 3.63) is 70.8 Å². The monoisotopic (exact) mass is 254 g/mol. The van der Waals surface area contributed by atoms with Crippen LogP contribution in [0.5, 0.6) is 0 Å². The summed E-state index contributed by atoms with van der Waals surface area (Å²) in [6, 6.07) is 17.3. The summed E-state index contributed by atoms with van der Waals surface area (Å²) in [6.07, 6.45) is 2.10. The molecule has 2 rings (SSSR count). The molecule has 0 aliphatic rings. The minimum Gasteiger partial charge on any atom is -0.271 e. The molecule has 0 saturated heterocycles. The molecule has 19 heavy (non-hydrogen) atoms. The van der Waals surface area contributed by atoms with Crippen LogP contribution < -0.4 is 11.3 Å². The molecule has 0 heterocycles. The molecule has 0 radical (unpaired) electrons. The van der Waals surface area contributed by atoms with Gasteiger partial charge in [-0.1, -0.05) is 62.4 Å². The average molecular weight is 254 g/mol. The molecule has 0 aromatic heterocycles. The number of nitrogens with one attached hydrogen (secondary N) is 1. The third-order valence-electron chi connectivity index (χ3n) is 3.58. The summed E-state index contributed by atoms with van der Waals surface area (Å²) >= 11 is 0. The second kappa shape index (κ2) is 6.50. The van der Waals surface area contributed by atoms with Crippen molar-refractivity contribution in [3.8, 4) is 0 Å². The van der Waals surface area contributed by atoms with E-state index in [9.17, 15) is 0 Å². The Labute approximate surface area is 115 Å². The smallest absolute Gasteiger partial charge is 0.0710 e. The molecular formula is C17H22N2. The summed E-state index contributed by atoms with van der Waals surface area (Å²) < 4.78 is 0. The molecule has 2 aromatic carbocycles. The van der Waals surface area contributed by atoms with Crippen LogP contribution in [0.1, 0.15) is 42.1 Å². The number of hydrogen-bond acceptors (Lipinski definition) is 2. The second-order valence-corrected chi connectivity index (χ2v) is 4.79. The third kappa shape index (κ3) is 3.22. The fourth-order valence-corrected chi connectivity index (χ4v) is 2.32. The molecule has 0 fully saturated rings. The van der Waals surface area contributed by atoms with E-state index in [4.69, 9.17) is 5.84 Å². The number of aryl methyl sites for hydroxylation is 2. The van der Waals surface area contributed by atoms with Crippen LogP contribution in [0, 0.1) is 0 Å². The lowest BCUT2D eigenvalue weighted by atomic mass is 9.96. The maximum absolute atomic E-state index is 5.75. The normalized spacial score (nSPS) is 12.4. The van der Waals surface area contributed by atoms with E-state index in [-0.39, 0.29) is 6.04 Å². The first-order valence-electron chi connectivity index (χ1n) is 6.92. The minimum absolute atomic E-state index is 0.0532. The maximum Gasteiger partial charge on any atom is 0.0710 e. The Morgan fingerprint density at radius 1 is 0.895 bits per heavy atom. The van der Waals surface area contributed by atoms with Crippen molar-refractivity contribution < 1.29 is 0 Å². The molecule has 2 aromatic rings. The molecule has 0 aliphatic heterocycles. The van der Waals surface area contributed by atoms with Crippen LogP contribution in [0.2, 0.25) is 0 Å². The zero-order valence-corrected chi connectivity index (χ0v) is 11.7. The number of nitrogens with two attached hydrogens (primary N) is 1. The Hall–Kier alpha value is -1.64. The van der Waals surface area contributed by atoms with Crippen molar-refractivity contribution in [2.45, 2.75) is 32.7 Å². The standard InChI is InChI=1S/C17H22N2/c1-3-13-8-10-15(11-9-13)17(19-18)16-7-5-6-14(4-2)12-16/h5-12,17,19H,3-4,18H2,1-2H3. The highest BCUT2D eigenvalue weighted by Gasteiger charge is 2.12. The van der Waals surface area contributed by atoms with Gasteiger partial charge in [-0.05, 0) is 35.1 Å². The van der Waals surface area contributed by atoms with Gasteiger partial charge in [0.1, 0.15) is 0 Å². The molecule has 1 atom stereocenters. The zero-order chi connectivity index (χ0) is 13.7. The number of hydrogen-bond donors (Lipinski definition) is 2. The Balaban J connectivity index is 2.31. The van der Waals surface area contributed by atoms with Crippen LogP contribution >= 0.6 is 0 Å². The summed E-state index contributed by atoms with van der Waals surface area (Å²) in [6.45, 7) is 4.33. The molecule has 100 valence electrons. The molecule has 0 bridgehead atoms. The molecule has 0 amide bonds. The fourth-order valence-electron chi connectivity index (χ4n) is 2.32. The first kappa shape index (κ1) is 13.8. The molecule has 0 spiro atoms. The van der Waals surface area contributed by atoms with Crippen molar-refractivity contribution >= 4 is 0 Å². The van der Waals surface area contributed by atoms with Crippen LogP contribution in [-0.4, -0.2) is 0 Å². The lowest BCUT2D eigenvalue weighted by Crippen LogP contribution is -2.28. The Kier molecular flexibility index (Phi) is 4.72. The van der Waals surface area contributed by atoms with E-state index in [0.717, 1.165) is 12.8 Å². The number of hydrazine groups is 1. The zero-order valence-electron chi connectivity index (χ0n) is 11.7. The summed E-state index contributed by atoms with van der Waals surface area (Å²) in [5, 5.41) is 0. The molecule has 0 aliphatic carbocycles. The minimum atomic E-state index is 0.0532. The summed E-state index contributed by atoms with van der Waals surface area (Å²) in [5.74, 6) is 5.75. The van der Waals surface area contributed by atoms with Gasteiger partial charge in [0.2, 0.25) is 0 Å². The first-order valence-corrected chi connectivity index (χ1v) is 6.92. The lowest BCUT2D eigenvalue weighted by Gasteiger charge is -2.18. The molecular weight excluding hydrogens is 232 g/mol. The SMILES string of the molecule is CCc1ccc(C(NN)c2cccc(CC)c2)cc1. The highest BCUT2D eigenvalue weighted by atomic mass is 15.2. The third-order valence-corrected chi connectivity index (χ3v) is 3.58. The number of benzene rings is 2. The topological polar surface area (TPSA) is 38.0 Å². The van der Waals surface area contributed by atoms with E-state index in [1.54, 1.807) is 0 Å². The first-order chi connectivity index (χ1) is 9.28. The van der Waals surface area contributed by atoms with E-state index < -0.39 is 0 Å². The van der Waals surface area contributed by atoms with Crippen LogP contribution in [-0.2, 0) is 12.8 Å². The molecule has 2 heteroatoms. The van der Waals surface area contributed by atoms with Gasteiger partial charge in [0.05, 0.1) is 6.04 Å². The Bertz CT molecular complexity index is 517. The quantitative estimate of drug-likeness (QED) is 0.634. The van der Waals surface area contributed by atoms with Gasteiger partial charge in [0, 0.05) is 0 Å². The fraction of sp³-hybridized carbons (Fsp3) is 0.294. The molecule has 1 unspecified atom stereocenters. The predicted octanol–water partition coefficient (Wildman–Crippen LogP) is 3.36. The Morgan fingerprint density at radius 3 is 2.16 bits per heavy atom. The predicted molar refractivity (Wildman–Crippen MR) is 80.8 cm³/mol. The largest absolute Gasteiger partial charge is 0.271 e. The van der Waals surface area contributed by atoms with Gasteiger partial charge < -0.3 is 0 Å². The van der Waals surface area contributed by atoms with Gasteiger partial charge in [0.15, 0.2) is 0 Å². The molecule has 3 N–H and O–H groups in total. The van der Waals surface area contributed by atoms with Gasteiger partial charge in [0.25, 0.3) is 0 Å². The lowest BCUT2D eigenvalue weighted by molar-refractivity contribution is 0.636. The van der Waals surface area contributed by atoms with Gasteiger partial charge in [-0.3, -0.25) is 5.84 Å². The van der Waals surface area contributed by atoms with Crippen LogP contribution in [0.15, 0.2) is 48.5 Å². The van der Waals surface area contributed by atoms with Crippen molar-refractivity contribution in [1.82, 2.24) is 5.43 Å². The van der Waals surface area contributed by atoms with Crippen molar-refractivity contribution in [2.24, 2.45) is 5.84 Å². The van der Waals surface area contributed by atoms with E-state index in [1.165, 1.54) is 22.3 Å². The summed E-state index contributed by atoms with van der Waals surface area (Å²) in [5.41, 5.74) is 8.02. The van der Waals surface area contributed by atoms with Gasteiger partial charge in [-0.25, -0.2) is 5.43 Å². The maximum atomic E-state index is 5.75. The summed E-state index contributed by atoms with van der Waals surface area (Å²) in [7, 11) is 0. The van der Waals surface area contributed by atoms with Gasteiger partial charge >= 0.3 is 0 Å².